The molecule has 1 N–H and O–H groups in total. The predicted molar refractivity (Wildman–Crippen MR) is 88.8 cm³/mol. The van der Waals surface area contributed by atoms with Crippen molar-refractivity contribution in [2.24, 2.45) is 0 Å². The van der Waals surface area contributed by atoms with Crippen molar-refractivity contribution in [2.45, 2.75) is 70.3 Å². The fourth-order valence-corrected chi connectivity index (χ4v) is 3.72. The molecule has 0 aromatic rings. The van der Waals surface area contributed by atoms with Crippen LogP contribution >= 0.6 is 0 Å². The van der Waals surface area contributed by atoms with Gasteiger partial charge in [0.2, 0.25) is 0 Å². The lowest BCUT2D eigenvalue weighted by Gasteiger charge is -2.45. The van der Waals surface area contributed by atoms with Gasteiger partial charge >= 0.3 is 0 Å². The third kappa shape index (κ3) is 4.67. The number of hydrogen-bond donors (Lipinski definition) is 1. The normalized spacial score (nSPS) is 16.7. The number of aliphatic hydroxyl groups is 1. The Hall–Kier alpha value is -0.783. The maximum Gasteiger partial charge on any atom is 0.130 e. The van der Waals surface area contributed by atoms with Gasteiger partial charge in [-0.25, -0.2) is 0 Å². The van der Waals surface area contributed by atoms with E-state index in [1.165, 1.54) is 12.8 Å². The highest BCUT2D eigenvalue weighted by Crippen LogP contribution is 2.43. The van der Waals surface area contributed by atoms with Gasteiger partial charge in [-0.1, -0.05) is 77.8 Å². The van der Waals surface area contributed by atoms with Crippen molar-refractivity contribution in [3.63, 3.8) is 0 Å². The Morgan fingerprint density at radius 2 is 1.79 bits per heavy atom. The molecule has 0 aliphatic rings. The monoisotopic (exact) mass is 278 g/mol. The Morgan fingerprint density at radius 3 is 2.21 bits per heavy atom. The standard InChI is InChI=1S/C17H30OSi/c1-8-10-11-12-13-14-15-17(18,9-2)19(6,7)16(3,4)5/h2,12-15,18H,8,10-11H2,1,3-7H3/b13-12+,15-14-. The Balaban J connectivity index is 4.96. The Morgan fingerprint density at radius 1 is 1.21 bits per heavy atom. The predicted octanol–water partition coefficient (Wildman–Crippen LogP) is 4.70. The zero-order chi connectivity index (χ0) is 15.2. The number of terminal acetylenes is 1. The molecule has 0 aromatic heterocycles. The molecule has 108 valence electrons. The molecular weight excluding hydrogens is 248 g/mol. The molecule has 0 bridgehead atoms. The van der Waals surface area contributed by atoms with Gasteiger partial charge in [-0.05, 0) is 17.5 Å². The number of rotatable bonds is 6. The second kappa shape index (κ2) is 7.12. The van der Waals surface area contributed by atoms with E-state index in [2.05, 4.69) is 52.8 Å². The average Bonchev–Trinajstić information content (AvgIpc) is 2.31. The van der Waals surface area contributed by atoms with Gasteiger partial charge in [0.05, 0.1) is 0 Å². The van der Waals surface area contributed by atoms with Crippen LogP contribution in [-0.4, -0.2) is 18.4 Å². The number of allylic oxidation sites excluding steroid dienone is 3. The molecule has 0 heterocycles. The van der Waals surface area contributed by atoms with E-state index in [4.69, 9.17) is 6.42 Å². The molecule has 0 radical (unpaired) electrons. The molecular formula is C17H30OSi. The fourth-order valence-electron chi connectivity index (χ4n) is 1.70. The Bertz CT molecular complexity index is 366. The van der Waals surface area contributed by atoms with Crippen LogP contribution < -0.4 is 0 Å². The Labute approximate surface area is 120 Å². The smallest absolute Gasteiger partial charge is 0.130 e. The lowest BCUT2D eigenvalue weighted by molar-refractivity contribution is 0.220. The van der Waals surface area contributed by atoms with Crippen LogP contribution in [0.25, 0.3) is 0 Å². The van der Waals surface area contributed by atoms with E-state index in [0.717, 1.165) is 6.42 Å². The van der Waals surface area contributed by atoms with Gasteiger partial charge in [0.25, 0.3) is 0 Å². The van der Waals surface area contributed by atoms with Crippen LogP contribution in [0.5, 0.6) is 0 Å². The van der Waals surface area contributed by atoms with Crippen molar-refractivity contribution in [2.75, 3.05) is 0 Å². The molecule has 0 aromatic carbocycles. The summed E-state index contributed by atoms with van der Waals surface area (Å²) in [4.78, 5) is 0. The summed E-state index contributed by atoms with van der Waals surface area (Å²) in [6, 6.07) is 0. The first-order valence-electron chi connectivity index (χ1n) is 7.17. The SMILES string of the molecule is C#CC(O)(/C=C\C=C\CCCC)[Si](C)(C)C(C)(C)C. The van der Waals surface area contributed by atoms with Crippen molar-refractivity contribution in [1.29, 1.82) is 0 Å². The van der Waals surface area contributed by atoms with Crippen LogP contribution in [0.15, 0.2) is 24.3 Å². The minimum absolute atomic E-state index is 0.0460. The second-order valence-corrected chi connectivity index (χ2v) is 12.2. The van der Waals surface area contributed by atoms with Crippen LogP contribution in [0.4, 0.5) is 0 Å². The molecule has 0 aliphatic heterocycles. The largest absolute Gasteiger partial charge is 0.377 e. The van der Waals surface area contributed by atoms with Crippen LogP contribution in [0.2, 0.25) is 18.1 Å². The van der Waals surface area contributed by atoms with Gasteiger partial charge in [0, 0.05) is 0 Å². The fraction of sp³-hybridized carbons (Fsp3) is 0.647. The van der Waals surface area contributed by atoms with E-state index >= 15 is 0 Å². The second-order valence-electron chi connectivity index (χ2n) is 6.72. The van der Waals surface area contributed by atoms with E-state index in [-0.39, 0.29) is 5.04 Å². The highest BCUT2D eigenvalue weighted by atomic mass is 28.3. The quantitative estimate of drug-likeness (QED) is 0.323. The molecule has 0 rings (SSSR count). The first-order chi connectivity index (χ1) is 8.62. The van der Waals surface area contributed by atoms with E-state index in [0.29, 0.717) is 0 Å². The molecule has 0 saturated carbocycles. The molecule has 0 saturated heterocycles. The van der Waals surface area contributed by atoms with Crippen molar-refractivity contribution < 1.29 is 5.11 Å². The third-order valence-corrected chi connectivity index (χ3v) is 10.3. The molecule has 0 spiro atoms. The highest BCUT2D eigenvalue weighted by molar-refractivity contribution is 6.84. The van der Waals surface area contributed by atoms with Gasteiger partial charge < -0.3 is 5.11 Å². The topological polar surface area (TPSA) is 20.2 Å². The van der Waals surface area contributed by atoms with Crippen LogP contribution in [0, 0.1) is 12.3 Å². The van der Waals surface area contributed by atoms with Crippen LogP contribution in [0.1, 0.15) is 47.0 Å². The molecule has 0 aliphatic carbocycles. The molecule has 2 heteroatoms. The van der Waals surface area contributed by atoms with E-state index in [1.54, 1.807) is 6.08 Å². The molecule has 1 nitrogen and oxygen atoms in total. The zero-order valence-corrected chi connectivity index (χ0v) is 14.5. The summed E-state index contributed by atoms with van der Waals surface area (Å²) in [7, 11) is -2.04. The van der Waals surface area contributed by atoms with Crippen molar-refractivity contribution in [1.82, 2.24) is 0 Å². The molecule has 0 fully saturated rings. The van der Waals surface area contributed by atoms with Crippen LogP contribution in [0.3, 0.4) is 0 Å². The van der Waals surface area contributed by atoms with Crippen LogP contribution in [-0.2, 0) is 0 Å². The van der Waals surface area contributed by atoms with Crippen molar-refractivity contribution in [3.05, 3.63) is 24.3 Å². The highest BCUT2D eigenvalue weighted by Gasteiger charge is 2.50. The van der Waals surface area contributed by atoms with Crippen molar-refractivity contribution >= 4 is 8.07 Å². The lowest BCUT2D eigenvalue weighted by Crippen LogP contribution is -2.57. The summed E-state index contributed by atoms with van der Waals surface area (Å²) in [5.41, 5.74) is 0. The first kappa shape index (κ1) is 18.2. The van der Waals surface area contributed by atoms with Gasteiger partial charge in [0.1, 0.15) is 13.3 Å². The average molecular weight is 279 g/mol. The minimum atomic E-state index is -2.04. The maximum absolute atomic E-state index is 10.8. The summed E-state index contributed by atoms with van der Waals surface area (Å²) in [5, 5.41) is 9.74. The summed E-state index contributed by atoms with van der Waals surface area (Å²) in [6.45, 7) is 13.0. The van der Waals surface area contributed by atoms with Gasteiger partial charge in [-0.3, -0.25) is 0 Å². The lowest BCUT2D eigenvalue weighted by atomic mass is 10.2. The van der Waals surface area contributed by atoms with Gasteiger partial charge in [-0.15, -0.1) is 6.42 Å². The molecule has 19 heavy (non-hydrogen) atoms. The molecule has 0 amide bonds. The Kier molecular flexibility index (Phi) is 6.83. The van der Waals surface area contributed by atoms with E-state index in [9.17, 15) is 5.11 Å². The summed E-state index contributed by atoms with van der Waals surface area (Å²) in [6.07, 6.45) is 16.9. The zero-order valence-electron chi connectivity index (χ0n) is 13.5. The summed E-state index contributed by atoms with van der Waals surface area (Å²) < 4.78 is 0. The molecule has 1 unspecified atom stereocenters. The van der Waals surface area contributed by atoms with Gasteiger partial charge in [0.15, 0.2) is 0 Å². The van der Waals surface area contributed by atoms with E-state index < -0.39 is 13.3 Å². The maximum atomic E-state index is 10.8. The number of unbranched alkanes of at least 4 members (excludes halogenated alkanes) is 2. The summed E-state index contributed by atoms with van der Waals surface area (Å²) in [5.74, 6) is 2.62. The van der Waals surface area contributed by atoms with Gasteiger partial charge in [-0.2, -0.15) is 0 Å². The molecule has 1 atom stereocenters. The van der Waals surface area contributed by atoms with E-state index in [1.807, 2.05) is 12.2 Å². The first-order valence-corrected chi connectivity index (χ1v) is 10.2. The third-order valence-electron chi connectivity index (χ3n) is 4.36. The number of hydrogen-bond acceptors (Lipinski definition) is 1. The van der Waals surface area contributed by atoms with Crippen molar-refractivity contribution in [3.8, 4) is 12.3 Å². The minimum Gasteiger partial charge on any atom is -0.377 e. The summed E-state index contributed by atoms with van der Waals surface area (Å²) >= 11 is 0.